The van der Waals surface area contributed by atoms with Crippen molar-refractivity contribution in [3.63, 3.8) is 0 Å². The SMILES string of the molecule is Cc1cccc(NS(=O)(=O)Cc2cccc(F)c2)n1. The molecular formula is C13H13FN2O2S. The Bertz CT molecular complexity index is 633. The molecule has 2 aromatic rings. The van der Waals surface area contributed by atoms with Gasteiger partial charge in [0.2, 0.25) is 10.0 Å². The van der Waals surface area contributed by atoms with Crippen molar-refractivity contribution >= 4 is 15.8 Å². The number of pyridine rings is 1. The van der Waals surface area contributed by atoms with E-state index in [9.17, 15) is 12.8 Å². The van der Waals surface area contributed by atoms with Gasteiger partial charge in [0.15, 0.2) is 0 Å². The number of rotatable bonds is 4. The van der Waals surface area contributed by atoms with E-state index in [0.29, 0.717) is 11.3 Å². The fourth-order valence-electron chi connectivity index (χ4n) is 1.64. The van der Waals surface area contributed by atoms with Crippen LogP contribution in [0.1, 0.15) is 11.3 Å². The van der Waals surface area contributed by atoms with Crippen LogP contribution in [-0.2, 0) is 15.8 Å². The van der Waals surface area contributed by atoms with Crippen LogP contribution in [0.15, 0.2) is 42.5 Å². The number of nitrogens with one attached hydrogen (secondary N) is 1. The fourth-order valence-corrected chi connectivity index (χ4v) is 2.76. The van der Waals surface area contributed by atoms with Crippen molar-refractivity contribution in [2.45, 2.75) is 12.7 Å². The highest BCUT2D eigenvalue weighted by Gasteiger charge is 2.12. The van der Waals surface area contributed by atoms with Crippen LogP contribution in [-0.4, -0.2) is 13.4 Å². The summed E-state index contributed by atoms with van der Waals surface area (Å²) >= 11 is 0. The molecular weight excluding hydrogens is 267 g/mol. The highest BCUT2D eigenvalue weighted by Crippen LogP contribution is 2.12. The Morgan fingerprint density at radius 3 is 2.63 bits per heavy atom. The largest absolute Gasteiger partial charge is 0.267 e. The Kier molecular flexibility index (Phi) is 3.80. The van der Waals surface area contributed by atoms with Gasteiger partial charge in [0.1, 0.15) is 11.6 Å². The van der Waals surface area contributed by atoms with Gasteiger partial charge < -0.3 is 0 Å². The molecule has 0 amide bonds. The number of hydrogen-bond donors (Lipinski definition) is 1. The van der Waals surface area contributed by atoms with E-state index >= 15 is 0 Å². The molecule has 0 unspecified atom stereocenters. The van der Waals surface area contributed by atoms with E-state index in [1.807, 2.05) is 0 Å². The fraction of sp³-hybridized carbons (Fsp3) is 0.154. The van der Waals surface area contributed by atoms with Crippen LogP contribution in [0.4, 0.5) is 10.2 Å². The van der Waals surface area contributed by atoms with Crippen LogP contribution in [0.25, 0.3) is 0 Å². The average Bonchev–Trinajstić information content (AvgIpc) is 2.27. The number of sulfonamides is 1. The first kappa shape index (κ1) is 13.5. The Morgan fingerprint density at radius 2 is 1.95 bits per heavy atom. The standard InChI is InChI=1S/C13H13FN2O2S/c1-10-4-2-7-13(15-10)16-19(17,18)9-11-5-3-6-12(14)8-11/h2-8H,9H2,1H3,(H,15,16). The summed E-state index contributed by atoms with van der Waals surface area (Å²) in [6, 6.07) is 10.6. The lowest BCUT2D eigenvalue weighted by atomic mass is 10.2. The summed E-state index contributed by atoms with van der Waals surface area (Å²) in [4.78, 5) is 4.05. The van der Waals surface area contributed by atoms with Gasteiger partial charge in [-0.3, -0.25) is 4.72 Å². The minimum Gasteiger partial charge on any atom is -0.267 e. The lowest BCUT2D eigenvalue weighted by Crippen LogP contribution is -2.16. The summed E-state index contributed by atoms with van der Waals surface area (Å²) in [6.07, 6.45) is 0. The Morgan fingerprint density at radius 1 is 1.21 bits per heavy atom. The number of anilines is 1. The summed E-state index contributed by atoms with van der Waals surface area (Å²) in [7, 11) is -3.60. The highest BCUT2D eigenvalue weighted by molar-refractivity contribution is 7.91. The smallest absolute Gasteiger partial charge is 0.238 e. The molecule has 0 aliphatic rings. The van der Waals surface area contributed by atoms with Gasteiger partial charge in [-0.05, 0) is 36.8 Å². The molecule has 0 saturated carbocycles. The van der Waals surface area contributed by atoms with Gasteiger partial charge in [-0.1, -0.05) is 18.2 Å². The molecule has 1 heterocycles. The third kappa shape index (κ3) is 4.03. The van der Waals surface area contributed by atoms with Gasteiger partial charge in [0.05, 0.1) is 5.75 Å². The molecule has 4 nitrogen and oxygen atoms in total. The monoisotopic (exact) mass is 280 g/mol. The Hall–Kier alpha value is -1.95. The third-order valence-electron chi connectivity index (χ3n) is 2.39. The van der Waals surface area contributed by atoms with E-state index in [1.54, 1.807) is 31.2 Å². The molecule has 0 bridgehead atoms. The van der Waals surface area contributed by atoms with Crippen molar-refractivity contribution in [3.8, 4) is 0 Å². The van der Waals surface area contributed by atoms with E-state index in [4.69, 9.17) is 0 Å². The molecule has 0 fully saturated rings. The molecule has 0 aliphatic heterocycles. The Balaban J connectivity index is 2.15. The van der Waals surface area contributed by atoms with Crippen LogP contribution in [0, 0.1) is 12.7 Å². The molecule has 0 radical (unpaired) electrons. The zero-order chi connectivity index (χ0) is 13.9. The first-order valence-electron chi connectivity index (χ1n) is 5.63. The van der Waals surface area contributed by atoms with Gasteiger partial charge in [0.25, 0.3) is 0 Å². The summed E-state index contributed by atoms with van der Waals surface area (Å²) in [6.45, 7) is 1.77. The predicted molar refractivity (Wildman–Crippen MR) is 71.6 cm³/mol. The molecule has 2 rings (SSSR count). The third-order valence-corrected chi connectivity index (χ3v) is 3.63. The molecule has 0 aliphatic carbocycles. The second-order valence-corrected chi connectivity index (χ2v) is 5.88. The van der Waals surface area contributed by atoms with E-state index in [-0.39, 0.29) is 11.6 Å². The molecule has 100 valence electrons. The predicted octanol–water partition coefficient (Wildman–Crippen LogP) is 2.47. The first-order chi connectivity index (χ1) is 8.94. The maximum absolute atomic E-state index is 13.0. The Labute approximate surface area is 111 Å². The normalized spacial score (nSPS) is 11.3. The van der Waals surface area contributed by atoms with Crippen molar-refractivity contribution in [2.75, 3.05) is 4.72 Å². The van der Waals surface area contributed by atoms with Crippen molar-refractivity contribution < 1.29 is 12.8 Å². The second-order valence-electron chi connectivity index (χ2n) is 4.16. The van der Waals surface area contributed by atoms with Crippen molar-refractivity contribution in [1.29, 1.82) is 0 Å². The molecule has 6 heteroatoms. The van der Waals surface area contributed by atoms with Gasteiger partial charge in [-0.2, -0.15) is 0 Å². The zero-order valence-electron chi connectivity index (χ0n) is 10.3. The minimum atomic E-state index is -3.60. The van der Waals surface area contributed by atoms with E-state index in [0.717, 1.165) is 0 Å². The second kappa shape index (κ2) is 5.36. The van der Waals surface area contributed by atoms with E-state index < -0.39 is 15.8 Å². The van der Waals surface area contributed by atoms with Crippen molar-refractivity contribution in [2.24, 2.45) is 0 Å². The number of halogens is 1. The minimum absolute atomic E-state index is 0.261. The topological polar surface area (TPSA) is 59.1 Å². The molecule has 0 saturated heterocycles. The van der Waals surface area contributed by atoms with E-state index in [2.05, 4.69) is 9.71 Å². The average molecular weight is 280 g/mol. The van der Waals surface area contributed by atoms with Gasteiger partial charge in [0, 0.05) is 5.69 Å². The molecule has 1 aromatic carbocycles. The van der Waals surface area contributed by atoms with Crippen LogP contribution >= 0.6 is 0 Å². The zero-order valence-corrected chi connectivity index (χ0v) is 11.1. The lowest BCUT2D eigenvalue weighted by Gasteiger charge is -2.07. The summed E-state index contributed by atoms with van der Waals surface area (Å²) in [5.41, 5.74) is 1.10. The molecule has 19 heavy (non-hydrogen) atoms. The number of aromatic nitrogens is 1. The van der Waals surface area contributed by atoms with Crippen LogP contribution in [0.5, 0.6) is 0 Å². The molecule has 0 atom stereocenters. The van der Waals surface area contributed by atoms with Gasteiger partial charge in [-0.15, -0.1) is 0 Å². The maximum atomic E-state index is 13.0. The van der Waals surface area contributed by atoms with Crippen molar-refractivity contribution in [1.82, 2.24) is 4.98 Å². The van der Waals surface area contributed by atoms with Crippen LogP contribution in [0.3, 0.4) is 0 Å². The number of benzene rings is 1. The summed E-state index contributed by atoms with van der Waals surface area (Å²) < 4.78 is 39.2. The summed E-state index contributed by atoms with van der Waals surface area (Å²) in [5, 5.41) is 0. The summed E-state index contributed by atoms with van der Waals surface area (Å²) in [5.74, 6) is -0.488. The van der Waals surface area contributed by atoms with Crippen LogP contribution < -0.4 is 4.72 Å². The maximum Gasteiger partial charge on any atom is 0.238 e. The van der Waals surface area contributed by atoms with Crippen LogP contribution in [0.2, 0.25) is 0 Å². The van der Waals surface area contributed by atoms with Gasteiger partial charge >= 0.3 is 0 Å². The number of aryl methyl sites for hydroxylation is 1. The van der Waals surface area contributed by atoms with Crippen molar-refractivity contribution in [3.05, 3.63) is 59.5 Å². The first-order valence-corrected chi connectivity index (χ1v) is 7.28. The number of hydrogen-bond acceptors (Lipinski definition) is 3. The lowest BCUT2D eigenvalue weighted by molar-refractivity contribution is 0.599. The molecule has 1 aromatic heterocycles. The molecule has 1 N–H and O–H groups in total. The van der Waals surface area contributed by atoms with Gasteiger partial charge in [-0.25, -0.2) is 17.8 Å². The highest BCUT2D eigenvalue weighted by atomic mass is 32.2. The van der Waals surface area contributed by atoms with E-state index in [1.165, 1.54) is 18.2 Å². The quantitative estimate of drug-likeness (QED) is 0.936. The molecule has 0 spiro atoms. The number of nitrogens with zero attached hydrogens (tertiary/aromatic N) is 1.